The van der Waals surface area contributed by atoms with Gasteiger partial charge in [-0.1, -0.05) is 40.9 Å². The van der Waals surface area contributed by atoms with Crippen molar-refractivity contribution in [2.75, 3.05) is 17.7 Å². The number of anilines is 2. The second-order valence-electron chi connectivity index (χ2n) is 4.53. The molecule has 0 unspecified atom stereocenters. The summed E-state index contributed by atoms with van der Waals surface area (Å²) in [5.41, 5.74) is 2.41. The van der Waals surface area contributed by atoms with Gasteiger partial charge >= 0.3 is 0 Å². The number of aryl methyl sites for hydroxylation is 1. The molecule has 0 radical (unpaired) electrons. The van der Waals surface area contributed by atoms with Gasteiger partial charge in [0.1, 0.15) is 5.75 Å². The summed E-state index contributed by atoms with van der Waals surface area (Å²) in [6.45, 7) is 1.98. The third-order valence-electron chi connectivity index (χ3n) is 2.86. The van der Waals surface area contributed by atoms with Crippen molar-refractivity contribution in [3.05, 3.63) is 51.0 Å². The maximum absolute atomic E-state index is 6.11. The monoisotopic (exact) mass is 374 g/mol. The first kappa shape index (κ1) is 17.2. The fraction of sp³-hybridized carbons (Fsp3) is 0.133. The van der Waals surface area contributed by atoms with Crippen molar-refractivity contribution in [1.82, 2.24) is 0 Å². The van der Waals surface area contributed by atoms with Crippen LogP contribution in [0, 0.1) is 6.92 Å². The van der Waals surface area contributed by atoms with Gasteiger partial charge in [-0.25, -0.2) is 0 Å². The SMILES string of the molecule is COc1ccc(C)cc1NC(=S)Nc1cc(Cl)c(Cl)cc1Cl. The summed E-state index contributed by atoms with van der Waals surface area (Å²) in [5.74, 6) is 0.690. The van der Waals surface area contributed by atoms with Gasteiger partial charge in [0.2, 0.25) is 0 Å². The molecule has 0 aliphatic heterocycles. The Bertz CT molecular complexity index is 722. The summed E-state index contributed by atoms with van der Waals surface area (Å²) in [6.07, 6.45) is 0. The third kappa shape index (κ3) is 4.17. The van der Waals surface area contributed by atoms with E-state index in [-0.39, 0.29) is 0 Å². The fourth-order valence-electron chi connectivity index (χ4n) is 1.81. The van der Waals surface area contributed by atoms with Crippen LogP contribution in [-0.4, -0.2) is 12.2 Å². The van der Waals surface area contributed by atoms with Gasteiger partial charge < -0.3 is 15.4 Å². The molecule has 22 heavy (non-hydrogen) atoms. The number of benzene rings is 2. The molecular weight excluding hydrogens is 363 g/mol. The maximum Gasteiger partial charge on any atom is 0.175 e. The highest BCUT2D eigenvalue weighted by Crippen LogP contribution is 2.32. The Morgan fingerprint density at radius 3 is 2.27 bits per heavy atom. The molecule has 7 heteroatoms. The zero-order valence-corrected chi connectivity index (χ0v) is 14.9. The van der Waals surface area contributed by atoms with Crippen LogP contribution in [0.4, 0.5) is 11.4 Å². The zero-order chi connectivity index (χ0) is 16.3. The van der Waals surface area contributed by atoms with Gasteiger partial charge in [0.15, 0.2) is 5.11 Å². The predicted molar refractivity (Wildman–Crippen MR) is 99.0 cm³/mol. The highest BCUT2D eigenvalue weighted by atomic mass is 35.5. The van der Waals surface area contributed by atoms with Crippen molar-refractivity contribution in [2.24, 2.45) is 0 Å². The molecule has 0 atom stereocenters. The lowest BCUT2D eigenvalue weighted by Gasteiger charge is -2.15. The molecule has 0 aromatic heterocycles. The molecule has 0 amide bonds. The molecule has 0 bridgehead atoms. The average molecular weight is 376 g/mol. The number of thiocarbonyl (C=S) groups is 1. The summed E-state index contributed by atoms with van der Waals surface area (Å²) in [7, 11) is 1.60. The summed E-state index contributed by atoms with van der Waals surface area (Å²) >= 11 is 23.3. The molecule has 0 fully saturated rings. The molecule has 116 valence electrons. The number of methoxy groups -OCH3 is 1. The van der Waals surface area contributed by atoms with E-state index < -0.39 is 0 Å². The zero-order valence-electron chi connectivity index (χ0n) is 11.8. The van der Waals surface area contributed by atoms with Crippen LogP contribution < -0.4 is 15.4 Å². The standard InChI is InChI=1S/C15H13Cl3N2OS/c1-8-3-4-14(21-2)13(5-8)20-15(22)19-12-7-10(17)9(16)6-11(12)18/h3-7H,1-2H3,(H2,19,20,22). The largest absolute Gasteiger partial charge is 0.495 e. The summed E-state index contributed by atoms with van der Waals surface area (Å²) in [4.78, 5) is 0. The minimum Gasteiger partial charge on any atom is -0.495 e. The van der Waals surface area contributed by atoms with Crippen LogP contribution in [-0.2, 0) is 0 Å². The van der Waals surface area contributed by atoms with E-state index in [0.717, 1.165) is 11.3 Å². The van der Waals surface area contributed by atoms with Crippen molar-refractivity contribution < 1.29 is 4.74 Å². The number of rotatable bonds is 3. The van der Waals surface area contributed by atoms with Crippen molar-refractivity contribution >= 4 is 63.5 Å². The number of hydrogen-bond acceptors (Lipinski definition) is 2. The topological polar surface area (TPSA) is 33.3 Å². The Morgan fingerprint density at radius 2 is 1.59 bits per heavy atom. The maximum atomic E-state index is 6.11. The molecule has 0 aliphatic carbocycles. The first-order valence-electron chi connectivity index (χ1n) is 6.28. The van der Waals surface area contributed by atoms with Crippen molar-refractivity contribution in [3.63, 3.8) is 0 Å². The minimum atomic E-state index is 0.365. The molecule has 3 nitrogen and oxygen atoms in total. The molecule has 2 aromatic carbocycles. The molecule has 0 heterocycles. The van der Waals surface area contributed by atoms with E-state index in [1.54, 1.807) is 19.2 Å². The Kier molecular flexibility index (Phi) is 5.75. The first-order valence-corrected chi connectivity index (χ1v) is 7.82. The highest BCUT2D eigenvalue weighted by Gasteiger charge is 2.09. The Hall–Kier alpha value is -1.20. The van der Waals surface area contributed by atoms with E-state index >= 15 is 0 Å². The molecule has 0 aliphatic rings. The Labute approximate surface area is 149 Å². The highest BCUT2D eigenvalue weighted by molar-refractivity contribution is 7.80. The number of ether oxygens (including phenoxy) is 1. The second kappa shape index (κ2) is 7.38. The number of nitrogens with one attached hydrogen (secondary N) is 2. The quantitative estimate of drug-likeness (QED) is 0.527. The van der Waals surface area contributed by atoms with Crippen LogP contribution in [0.3, 0.4) is 0 Å². The molecule has 2 rings (SSSR count). The number of hydrogen-bond donors (Lipinski definition) is 2. The Morgan fingerprint density at radius 1 is 0.955 bits per heavy atom. The van der Waals surface area contributed by atoms with Gasteiger partial charge in [-0.15, -0.1) is 0 Å². The van der Waals surface area contributed by atoms with Crippen LogP contribution in [0.15, 0.2) is 30.3 Å². The number of halogens is 3. The third-order valence-corrected chi connectivity index (χ3v) is 4.10. The normalized spacial score (nSPS) is 10.2. The molecule has 2 N–H and O–H groups in total. The average Bonchev–Trinajstić information content (AvgIpc) is 2.45. The molecular formula is C15H13Cl3N2OS. The lowest BCUT2D eigenvalue weighted by molar-refractivity contribution is 0.417. The van der Waals surface area contributed by atoms with E-state index in [1.807, 2.05) is 25.1 Å². The van der Waals surface area contributed by atoms with Crippen molar-refractivity contribution in [2.45, 2.75) is 6.92 Å². The van der Waals surface area contributed by atoms with E-state index in [4.69, 9.17) is 51.8 Å². The van der Waals surface area contributed by atoms with E-state index in [9.17, 15) is 0 Å². The second-order valence-corrected chi connectivity index (χ2v) is 6.16. The molecule has 0 saturated heterocycles. The Balaban J connectivity index is 2.17. The van der Waals surface area contributed by atoms with Gasteiger partial charge in [-0.3, -0.25) is 0 Å². The van der Waals surface area contributed by atoms with Gasteiger partial charge in [-0.2, -0.15) is 0 Å². The lowest BCUT2D eigenvalue weighted by Crippen LogP contribution is -2.19. The molecule has 0 spiro atoms. The summed E-state index contributed by atoms with van der Waals surface area (Å²) in [6, 6.07) is 8.93. The first-order chi connectivity index (χ1) is 10.4. The van der Waals surface area contributed by atoms with Gasteiger partial charge in [-0.05, 0) is 49.0 Å². The van der Waals surface area contributed by atoms with Crippen LogP contribution in [0.25, 0.3) is 0 Å². The van der Waals surface area contributed by atoms with Gasteiger partial charge in [0, 0.05) is 0 Å². The van der Waals surface area contributed by atoms with E-state index in [0.29, 0.717) is 31.6 Å². The van der Waals surface area contributed by atoms with Crippen LogP contribution in [0.5, 0.6) is 5.75 Å². The fourth-order valence-corrected chi connectivity index (χ4v) is 2.63. The van der Waals surface area contributed by atoms with E-state index in [1.165, 1.54) is 0 Å². The van der Waals surface area contributed by atoms with Crippen LogP contribution in [0.1, 0.15) is 5.56 Å². The predicted octanol–water partition coefficient (Wildman–Crippen LogP) is 5.77. The van der Waals surface area contributed by atoms with Gasteiger partial charge in [0.25, 0.3) is 0 Å². The van der Waals surface area contributed by atoms with Crippen molar-refractivity contribution in [3.8, 4) is 5.75 Å². The lowest BCUT2D eigenvalue weighted by atomic mass is 10.2. The smallest absolute Gasteiger partial charge is 0.175 e. The molecule has 2 aromatic rings. The minimum absolute atomic E-state index is 0.365. The summed E-state index contributed by atoms with van der Waals surface area (Å²) in [5, 5.41) is 7.63. The van der Waals surface area contributed by atoms with E-state index in [2.05, 4.69) is 10.6 Å². The van der Waals surface area contributed by atoms with Crippen LogP contribution in [0.2, 0.25) is 15.1 Å². The van der Waals surface area contributed by atoms with Gasteiger partial charge in [0.05, 0.1) is 33.6 Å². The summed E-state index contributed by atoms with van der Waals surface area (Å²) < 4.78 is 5.30. The molecule has 0 saturated carbocycles. The van der Waals surface area contributed by atoms with Crippen LogP contribution >= 0.6 is 47.0 Å². The van der Waals surface area contributed by atoms with Crippen molar-refractivity contribution in [1.29, 1.82) is 0 Å².